The maximum absolute atomic E-state index is 5.39. The maximum atomic E-state index is 5.39. The summed E-state index contributed by atoms with van der Waals surface area (Å²) in [5, 5.41) is 0. The predicted molar refractivity (Wildman–Crippen MR) is 82.9 cm³/mol. The van der Waals surface area contributed by atoms with Crippen LogP contribution in [0.1, 0.15) is 11.1 Å². The molecule has 2 heterocycles. The summed E-state index contributed by atoms with van der Waals surface area (Å²) < 4.78 is 3.67. The molecule has 0 aliphatic rings. The topological polar surface area (TPSA) is 33.6 Å². The van der Waals surface area contributed by atoms with Crippen LogP contribution in [-0.4, -0.2) is 14.5 Å². The van der Waals surface area contributed by atoms with E-state index in [9.17, 15) is 0 Å². The highest BCUT2D eigenvalue weighted by Gasteiger charge is 2.07. The fourth-order valence-electron chi connectivity index (χ4n) is 2.12. The SMILES string of the molecule is Cc1ccccc1Cn1c(=S)[nH]c2cc(Br)cnc21. The standard InChI is InChI=1S/C14H12BrN3S/c1-9-4-2-3-5-10(9)8-18-13-12(17-14(18)19)6-11(15)7-16-13/h2-7H,8H2,1H3,(H,17,19). The number of hydrogen-bond acceptors (Lipinski definition) is 2. The van der Waals surface area contributed by atoms with Gasteiger partial charge in [0.1, 0.15) is 0 Å². The Morgan fingerprint density at radius 2 is 2.16 bits per heavy atom. The molecule has 0 saturated carbocycles. The van der Waals surface area contributed by atoms with Gasteiger partial charge in [-0.05, 0) is 52.3 Å². The number of benzene rings is 1. The van der Waals surface area contributed by atoms with Gasteiger partial charge in [0.15, 0.2) is 10.4 Å². The molecule has 0 fully saturated rings. The molecule has 0 unspecified atom stereocenters. The number of aromatic amines is 1. The van der Waals surface area contributed by atoms with Gasteiger partial charge in [-0.2, -0.15) is 0 Å². The Bertz CT molecular complexity index is 804. The quantitative estimate of drug-likeness (QED) is 0.712. The van der Waals surface area contributed by atoms with Gasteiger partial charge in [0.25, 0.3) is 0 Å². The average Bonchev–Trinajstić information content (AvgIpc) is 2.68. The summed E-state index contributed by atoms with van der Waals surface area (Å²) in [5.74, 6) is 0. The number of H-pyrrole nitrogens is 1. The molecular weight excluding hydrogens is 322 g/mol. The summed E-state index contributed by atoms with van der Waals surface area (Å²) in [4.78, 5) is 7.64. The molecule has 0 amide bonds. The molecule has 19 heavy (non-hydrogen) atoms. The van der Waals surface area contributed by atoms with Gasteiger partial charge in [0.2, 0.25) is 0 Å². The number of rotatable bonds is 2. The van der Waals surface area contributed by atoms with Gasteiger partial charge >= 0.3 is 0 Å². The van der Waals surface area contributed by atoms with E-state index in [1.165, 1.54) is 11.1 Å². The zero-order chi connectivity index (χ0) is 13.4. The van der Waals surface area contributed by atoms with Crippen molar-refractivity contribution in [3.63, 3.8) is 0 Å². The van der Waals surface area contributed by atoms with Gasteiger partial charge in [-0.1, -0.05) is 24.3 Å². The Balaban J connectivity index is 2.13. The van der Waals surface area contributed by atoms with Crippen LogP contribution >= 0.6 is 28.1 Å². The van der Waals surface area contributed by atoms with Crippen molar-refractivity contribution >= 4 is 39.3 Å². The minimum Gasteiger partial charge on any atom is -0.329 e. The molecule has 0 atom stereocenters. The van der Waals surface area contributed by atoms with Crippen LogP contribution < -0.4 is 0 Å². The third-order valence-corrected chi connectivity index (χ3v) is 3.92. The number of aromatic nitrogens is 3. The smallest absolute Gasteiger partial charge is 0.179 e. The molecule has 2 aromatic heterocycles. The van der Waals surface area contributed by atoms with E-state index >= 15 is 0 Å². The molecule has 3 rings (SSSR count). The van der Waals surface area contributed by atoms with Crippen LogP contribution in [0.2, 0.25) is 0 Å². The molecule has 3 nitrogen and oxygen atoms in total. The monoisotopic (exact) mass is 333 g/mol. The summed E-state index contributed by atoms with van der Waals surface area (Å²) in [7, 11) is 0. The number of hydrogen-bond donors (Lipinski definition) is 1. The Morgan fingerprint density at radius 3 is 2.95 bits per heavy atom. The predicted octanol–water partition coefficient (Wildman–Crippen LogP) is 4.21. The van der Waals surface area contributed by atoms with Crippen LogP contribution in [0.4, 0.5) is 0 Å². The number of pyridine rings is 1. The van der Waals surface area contributed by atoms with Crippen molar-refractivity contribution in [3.05, 3.63) is 56.9 Å². The zero-order valence-corrected chi connectivity index (χ0v) is 12.8. The summed E-state index contributed by atoms with van der Waals surface area (Å²) in [6.45, 7) is 2.85. The van der Waals surface area contributed by atoms with Gasteiger partial charge < -0.3 is 4.98 Å². The van der Waals surface area contributed by atoms with Crippen LogP contribution in [0.25, 0.3) is 11.2 Å². The average molecular weight is 334 g/mol. The zero-order valence-electron chi connectivity index (χ0n) is 10.4. The Kier molecular flexibility index (Phi) is 3.24. The highest BCUT2D eigenvalue weighted by atomic mass is 79.9. The first-order chi connectivity index (χ1) is 9.15. The summed E-state index contributed by atoms with van der Waals surface area (Å²) in [5.41, 5.74) is 4.35. The highest BCUT2D eigenvalue weighted by molar-refractivity contribution is 9.10. The van der Waals surface area contributed by atoms with Crippen LogP contribution in [0.3, 0.4) is 0 Å². The second-order valence-electron chi connectivity index (χ2n) is 4.47. The molecule has 0 saturated heterocycles. The Hall–Kier alpha value is -1.46. The Labute approximate surface area is 124 Å². The lowest BCUT2D eigenvalue weighted by molar-refractivity contribution is 0.795. The summed E-state index contributed by atoms with van der Waals surface area (Å²) >= 11 is 8.81. The Morgan fingerprint density at radius 1 is 1.37 bits per heavy atom. The molecular formula is C14H12BrN3S. The van der Waals surface area contributed by atoms with Crippen LogP contribution in [0.5, 0.6) is 0 Å². The van der Waals surface area contributed by atoms with E-state index in [1.54, 1.807) is 6.20 Å². The van der Waals surface area contributed by atoms with E-state index in [0.29, 0.717) is 4.77 Å². The van der Waals surface area contributed by atoms with Crippen molar-refractivity contribution in [2.75, 3.05) is 0 Å². The lowest BCUT2D eigenvalue weighted by atomic mass is 10.1. The van der Waals surface area contributed by atoms with Gasteiger partial charge in [0, 0.05) is 10.7 Å². The minimum atomic E-state index is 0.698. The largest absolute Gasteiger partial charge is 0.329 e. The third-order valence-electron chi connectivity index (χ3n) is 3.17. The van der Waals surface area contributed by atoms with Gasteiger partial charge in [0.05, 0.1) is 12.1 Å². The van der Waals surface area contributed by atoms with Crippen LogP contribution in [0.15, 0.2) is 41.0 Å². The number of fused-ring (bicyclic) bond motifs is 1. The lowest BCUT2D eigenvalue weighted by Gasteiger charge is -2.07. The number of halogens is 1. The van der Waals surface area contributed by atoms with Crippen molar-refractivity contribution in [3.8, 4) is 0 Å². The molecule has 1 N–H and O–H groups in total. The van der Waals surface area contributed by atoms with E-state index in [1.807, 2.05) is 22.8 Å². The van der Waals surface area contributed by atoms with Gasteiger partial charge in [-0.3, -0.25) is 4.57 Å². The number of nitrogens with zero attached hydrogens (tertiary/aromatic N) is 2. The third kappa shape index (κ3) is 2.35. The minimum absolute atomic E-state index is 0.698. The molecule has 5 heteroatoms. The number of imidazole rings is 1. The van der Waals surface area contributed by atoms with Crippen molar-refractivity contribution in [2.24, 2.45) is 0 Å². The van der Waals surface area contributed by atoms with E-state index in [2.05, 4.69) is 45.0 Å². The van der Waals surface area contributed by atoms with E-state index < -0.39 is 0 Å². The molecule has 96 valence electrons. The summed E-state index contributed by atoms with van der Waals surface area (Å²) in [6, 6.07) is 10.3. The molecule has 0 aliphatic carbocycles. The van der Waals surface area contributed by atoms with Crippen molar-refractivity contribution < 1.29 is 0 Å². The van der Waals surface area contributed by atoms with Crippen molar-refractivity contribution in [1.82, 2.24) is 14.5 Å². The first-order valence-corrected chi connectivity index (χ1v) is 7.14. The molecule has 1 aromatic carbocycles. The van der Waals surface area contributed by atoms with E-state index in [0.717, 1.165) is 22.2 Å². The van der Waals surface area contributed by atoms with Crippen molar-refractivity contribution in [2.45, 2.75) is 13.5 Å². The number of nitrogens with one attached hydrogen (secondary N) is 1. The molecule has 0 radical (unpaired) electrons. The second kappa shape index (κ2) is 4.90. The highest BCUT2D eigenvalue weighted by Crippen LogP contribution is 2.19. The summed E-state index contributed by atoms with van der Waals surface area (Å²) in [6.07, 6.45) is 1.79. The first-order valence-electron chi connectivity index (χ1n) is 5.94. The second-order valence-corrected chi connectivity index (χ2v) is 5.77. The van der Waals surface area contributed by atoms with Crippen LogP contribution in [-0.2, 0) is 6.54 Å². The molecule has 0 bridgehead atoms. The lowest BCUT2D eigenvalue weighted by Crippen LogP contribution is -2.02. The van der Waals surface area contributed by atoms with Crippen molar-refractivity contribution in [1.29, 1.82) is 0 Å². The fraction of sp³-hybridized carbons (Fsp3) is 0.143. The molecule has 3 aromatic rings. The van der Waals surface area contributed by atoms with Crippen LogP contribution in [0, 0.1) is 11.7 Å². The van der Waals surface area contributed by atoms with E-state index in [4.69, 9.17) is 12.2 Å². The normalized spacial score (nSPS) is 11.1. The molecule has 0 spiro atoms. The number of aryl methyl sites for hydroxylation is 1. The van der Waals surface area contributed by atoms with Gasteiger partial charge in [-0.15, -0.1) is 0 Å². The first kappa shape index (κ1) is 12.6. The maximum Gasteiger partial charge on any atom is 0.179 e. The fourth-order valence-corrected chi connectivity index (χ4v) is 2.71. The van der Waals surface area contributed by atoms with Gasteiger partial charge in [-0.25, -0.2) is 4.98 Å². The molecule has 0 aliphatic heterocycles. The van der Waals surface area contributed by atoms with E-state index in [-0.39, 0.29) is 0 Å².